The van der Waals surface area contributed by atoms with Gasteiger partial charge >= 0.3 is 0 Å². The first-order chi connectivity index (χ1) is 14.8. The molecule has 1 aromatic heterocycles. The Balaban J connectivity index is 1.92. The van der Waals surface area contributed by atoms with Crippen molar-refractivity contribution >= 4 is 43.5 Å². The average molecular weight is 455 g/mol. The summed E-state index contributed by atoms with van der Waals surface area (Å²) in [5, 5.41) is 2.75. The molecule has 0 atom stereocenters. The zero-order valence-electron chi connectivity index (χ0n) is 18.1. The summed E-state index contributed by atoms with van der Waals surface area (Å²) in [6.07, 6.45) is 0. The molecule has 0 saturated heterocycles. The predicted octanol–water partition coefficient (Wildman–Crippen LogP) is 5.00. The fraction of sp³-hybridized carbons (Fsp3) is 0.250. The Labute approximate surface area is 187 Å². The standard InChI is InChI=1S/C24H26N2O3S2/c1-17-24(30-15-14-25(2)3)23-21(10-7-11-22(23)29-4)26(17)31(27,28)20-13-12-18-8-5-6-9-19(18)16-20/h5-13,16H,14-15H2,1-4H3. The number of thioether (sulfide) groups is 1. The van der Waals surface area contributed by atoms with E-state index in [2.05, 4.69) is 4.90 Å². The van der Waals surface area contributed by atoms with E-state index in [0.29, 0.717) is 17.0 Å². The molecule has 4 rings (SSSR count). The molecule has 4 aromatic rings. The number of ether oxygens (including phenoxy) is 1. The number of hydrogen-bond acceptors (Lipinski definition) is 5. The zero-order chi connectivity index (χ0) is 22.2. The SMILES string of the molecule is COc1cccc2c1c(SCCN(C)C)c(C)n2S(=O)(=O)c1ccc2ccccc2c1. The molecule has 0 aliphatic heterocycles. The lowest BCUT2D eigenvalue weighted by molar-refractivity contribution is 0.419. The summed E-state index contributed by atoms with van der Waals surface area (Å²) >= 11 is 1.66. The third kappa shape index (κ3) is 3.93. The summed E-state index contributed by atoms with van der Waals surface area (Å²) in [7, 11) is 1.88. The highest BCUT2D eigenvalue weighted by Gasteiger charge is 2.27. The summed E-state index contributed by atoms with van der Waals surface area (Å²) in [6, 6.07) is 18.6. The molecule has 0 N–H and O–H groups in total. The van der Waals surface area contributed by atoms with Crippen LogP contribution in [0.25, 0.3) is 21.7 Å². The molecule has 31 heavy (non-hydrogen) atoms. The van der Waals surface area contributed by atoms with Gasteiger partial charge in [0.2, 0.25) is 0 Å². The van der Waals surface area contributed by atoms with Crippen LogP contribution in [0.5, 0.6) is 5.75 Å². The van der Waals surface area contributed by atoms with E-state index in [1.807, 2.05) is 69.6 Å². The van der Waals surface area contributed by atoms with Gasteiger partial charge in [0.15, 0.2) is 0 Å². The summed E-state index contributed by atoms with van der Waals surface area (Å²) in [5.74, 6) is 1.53. The molecule has 5 nitrogen and oxygen atoms in total. The molecule has 0 amide bonds. The van der Waals surface area contributed by atoms with Crippen molar-refractivity contribution in [1.82, 2.24) is 8.87 Å². The minimum absolute atomic E-state index is 0.277. The Morgan fingerprint density at radius 2 is 1.74 bits per heavy atom. The second-order valence-electron chi connectivity index (χ2n) is 7.70. The molecule has 0 fully saturated rings. The Hall–Kier alpha value is -2.48. The molecule has 162 valence electrons. The van der Waals surface area contributed by atoms with Gasteiger partial charge in [0.1, 0.15) is 5.75 Å². The highest BCUT2D eigenvalue weighted by molar-refractivity contribution is 7.99. The second kappa shape index (κ2) is 8.57. The maximum atomic E-state index is 13.8. The van der Waals surface area contributed by atoms with E-state index in [1.54, 1.807) is 31.0 Å². The van der Waals surface area contributed by atoms with Crippen molar-refractivity contribution < 1.29 is 13.2 Å². The molecule has 0 radical (unpaired) electrons. The lowest BCUT2D eigenvalue weighted by Crippen LogP contribution is -2.15. The van der Waals surface area contributed by atoms with Crippen molar-refractivity contribution in [3.63, 3.8) is 0 Å². The third-order valence-electron chi connectivity index (χ3n) is 5.35. The zero-order valence-corrected chi connectivity index (χ0v) is 19.8. The molecule has 0 spiro atoms. The van der Waals surface area contributed by atoms with Crippen LogP contribution in [0.1, 0.15) is 5.69 Å². The molecule has 0 unspecified atom stereocenters. The molecular formula is C24H26N2O3S2. The minimum atomic E-state index is -3.80. The van der Waals surface area contributed by atoms with E-state index in [4.69, 9.17) is 4.74 Å². The number of methoxy groups -OCH3 is 1. The van der Waals surface area contributed by atoms with Gasteiger partial charge in [0.05, 0.1) is 22.9 Å². The second-order valence-corrected chi connectivity index (χ2v) is 10.6. The Bertz CT molecular complexity index is 1360. The van der Waals surface area contributed by atoms with Crippen molar-refractivity contribution in [1.29, 1.82) is 0 Å². The summed E-state index contributed by atoms with van der Waals surface area (Å²) < 4.78 is 34.7. The van der Waals surface area contributed by atoms with Crippen molar-refractivity contribution in [3.8, 4) is 5.75 Å². The number of rotatable bonds is 7. The van der Waals surface area contributed by atoms with Crippen LogP contribution in [0.15, 0.2) is 70.5 Å². The Morgan fingerprint density at radius 3 is 2.45 bits per heavy atom. The fourth-order valence-corrected chi connectivity index (χ4v) is 6.75. The van der Waals surface area contributed by atoms with E-state index >= 15 is 0 Å². The average Bonchev–Trinajstić information content (AvgIpc) is 3.05. The normalized spacial score (nSPS) is 12.2. The number of nitrogens with zero attached hydrogens (tertiary/aromatic N) is 2. The molecule has 1 heterocycles. The van der Waals surface area contributed by atoms with Crippen molar-refractivity contribution in [3.05, 3.63) is 66.4 Å². The van der Waals surface area contributed by atoms with Crippen LogP contribution in [0.4, 0.5) is 0 Å². The van der Waals surface area contributed by atoms with E-state index in [-0.39, 0.29) is 4.90 Å². The largest absolute Gasteiger partial charge is 0.496 e. The molecule has 0 aliphatic carbocycles. The van der Waals surface area contributed by atoms with Gasteiger partial charge in [-0.05, 0) is 56.1 Å². The first-order valence-corrected chi connectivity index (χ1v) is 12.5. The van der Waals surface area contributed by atoms with Crippen LogP contribution in [0.2, 0.25) is 0 Å². The van der Waals surface area contributed by atoms with Crippen LogP contribution >= 0.6 is 11.8 Å². The highest BCUT2D eigenvalue weighted by Crippen LogP contribution is 2.41. The smallest absolute Gasteiger partial charge is 0.268 e. The van der Waals surface area contributed by atoms with Crippen LogP contribution in [-0.2, 0) is 10.0 Å². The lowest BCUT2D eigenvalue weighted by atomic mass is 10.1. The maximum Gasteiger partial charge on any atom is 0.268 e. The molecule has 7 heteroatoms. The van der Waals surface area contributed by atoms with Gasteiger partial charge in [0, 0.05) is 22.9 Å². The van der Waals surface area contributed by atoms with Crippen molar-refractivity contribution in [2.75, 3.05) is 33.5 Å². The van der Waals surface area contributed by atoms with E-state index < -0.39 is 10.0 Å². The lowest BCUT2D eigenvalue weighted by Gasteiger charge is -2.12. The Morgan fingerprint density at radius 1 is 1.00 bits per heavy atom. The third-order valence-corrected chi connectivity index (χ3v) is 8.32. The fourth-order valence-electron chi connectivity index (χ4n) is 3.79. The van der Waals surface area contributed by atoms with E-state index in [9.17, 15) is 8.42 Å². The minimum Gasteiger partial charge on any atom is -0.496 e. The number of aromatic nitrogens is 1. The molecule has 0 bridgehead atoms. The number of hydrogen-bond donors (Lipinski definition) is 0. The van der Waals surface area contributed by atoms with Gasteiger partial charge in [-0.3, -0.25) is 0 Å². The molecule has 3 aromatic carbocycles. The quantitative estimate of drug-likeness (QED) is 0.368. The van der Waals surface area contributed by atoms with Gasteiger partial charge in [-0.2, -0.15) is 0 Å². The van der Waals surface area contributed by atoms with Crippen LogP contribution in [0, 0.1) is 6.92 Å². The molecule has 0 aliphatic rings. The topological polar surface area (TPSA) is 51.5 Å². The Kier molecular flexibility index (Phi) is 6.01. The molecular weight excluding hydrogens is 428 g/mol. The number of fused-ring (bicyclic) bond motifs is 2. The van der Waals surface area contributed by atoms with Gasteiger partial charge in [-0.15, -0.1) is 11.8 Å². The first-order valence-electron chi connectivity index (χ1n) is 10.0. The van der Waals surface area contributed by atoms with Gasteiger partial charge in [-0.25, -0.2) is 12.4 Å². The maximum absolute atomic E-state index is 13.8. The highest BCUT2D eigenvalue weighted by atomic mass is 32.2. The molecule has 0 saturated carbocycles. The summed E-state index contributed by atoms with van der Waals surface area (Å²) in [6.45, 7) is 2.76. The summed E-state index contributed by atoms with van der Waals surface area (Å²) in [4.78, 5) is 3.34. The monoisotopic (exact) mass is 454 g/mol. The number of benzene rings is 3. The van der Waals surface area contributed by atoms with Crippen LogP contribution in [0.3, 0.4) is 0 Å². The van der Waals surface area contributed by atoms with Crippen molar-refractivity contribution in [2.24, 2.45) is 0 Å². The van der Waals surface area contributed by atoms with Gasteiger partial charge in [-0.1, -0.05) is 36.4 Å². The first kappa shape index (κ1) is 21.7. The van der Waals surface area contributed by atoms with Gasteiger partial charge in [0.25, 0.3) is 10.0 Å². The van der Waals surface area contributed by atoms with E-state index in [1.165, 1.54) is 3.97 Å². The van der Waals surface area contributed by atoms with E-state index in [0.717, 1.165) is 33.4 Å². The van der Waals surface area contributed by atoms with Crippen LogP contribution in [-0.4, -0.2) is 50.8 Å². The van der Waals surface area contributed by atoms with Crippen LogP contribution < -0.4 is 4.74 Å². The summed E-state index contributed by atoms with van der Waals surface area (Å²) in [5.41, 5.74) is 1.34. The van der Waals surface area contributed by atoms with Gasteiger partial charge < -0.3 is 9.64 Å². The van der Waals surface area contributed by atoms with Crippen molar-refractivity contribution in [2.45, 2.75) is 16.7 Å². The predicted molar refractivity (Wildman–Crippen MR) is 129 cm³/mol.